The lowest BCUT2D eigenvalue weighted by Gasteiger charge is -2.30. The molecular weight excluding hydrogens is 462 g/mol. The molecule has 0 radical (unpaired) electrons. The van der Waals surface area contributed by atoms with E-state index in [1.807, 2.05) is 24.3 Å². The highest BCUT2D eigenvalue weighted by Crippen LogP contribution is 2.31. The van der Waals surface area contributed by atoms with Crippen molar-refractivity contribution >= 4 is 34.9 Å². The number of para-hydroxylation sites is 3. The molecule has 1 N–H and O–H groups in total. The Bertz CT molecular complexity index is 1240. The second kappa shape index (κ2) is 11.4. The van der Waals surface area contributed by atoms with E-state index in [0.717, 1.165) is 18.8 Å². The van der Waals surface area contributed by atoms with Crippen LogP contribution in [0.4, 0.5) is 17.1 Å². The fraction of sp³-hybridized carbons (Fsp3) is 0.222. The second-order valence-corrected chi connectivity index (χ2v) is 7.90. The van der Waals surface area contributed by atoms with E-state index in [1.54, 1.807) is 42.6 Å². The van der Waals surface area contributed by atoms with Gasteiger partial charge in [0.1, 0.15) is 5.70 Å². The molecule has 9 heteroatoms. The van der Waals surface area contributed by atoms with E-state index in [-0.39, 0.29) is 17.2 Å². The molecule has 2 aromatic carbocycles. The highest BCUT2D eigenvalue weighted by Gasteiger charge is 2.29. The monoisotopic (exact) mass is 489 g/mol. The van der Waals surface area contributed by atoms with E-state index >= 15 is 0 Å². The maximum atomic E-state index is 13.6. The number of esters is 2. The summed E-state index contributed by atoms with van der Waals surface area (Å²) in [6, 6.07) is 14.4. The van der Waals surface area contributed by atoms with Crippen LogP contribution in [0.25, 0.3) is 0 Å². The second-order valence-electron chi connectivity index (χ2n) is 7.90. The summed E-state index contributed by atoms with van der Waals surface area (Å²) in [7, 11) is 2.45. The van der Waals surface area contributed by atoms with E-state index in [4.69, 9.17) is 14.2 Å². The number of amides is 1. The zero-order valence-electron chi connectivity index (χ0n) is 20.1. The molecule has 0 bridgehead atoms. The van der Waals surface area contributed by atoms with Crippen molar-refractivity contribution in [3.05, 3.63) is 89.8 Å². The quantitative estimate of drug-likeness (QED) is 0.618. The number of carbonyl (C=O) groups excluding carboxylic acids is 3. The number of anilines is 3. The van der Waals surface area contributed by atoms with Gasteiger partial charge in [0, 0.05) is 19.3 Å². The molecule has 0 spiro atoms. The molecule has 2 aliphatic heterocycles. The largest absolute Gasteiger partial charge is 0.465 e. The fourth-order valence-corrected chi connectivity index (χ4v) is 4.08. The molecule has 2 heterocycles. The van der Waals surface area contributed by atoms with Crippen LogP contribution in [-0.4, -0.2) is 58.4 Å². The zero-order valence-corrected chi connectivity index (χ0v) is 20.1. The highest BCUT2D eigenvalue weighted by atomic mass is 16.5. The van der Waals surface area contributed by atoms with Gasteiger partial charge in [-0.25, -0.2) is 9.59 Å². The molecule has 0 unspecified atom stereocenters. The molecule has 1 fully saturated rings. The summed E-state index contributed by atoms with van der Waals surface area (Å²) in [4.78, 5) is 42.5. The van der Waals surface area contributed by atoms with Gasteiger partial charge in [-0.1, -0.05) is 30.3 Å². The zero-order chi connectivity index (χ0) is 25.5. The van der Waals surface area contributed by atoms with Crippen molar-refractivity contribution in [2.24, 2.45) is 0 Å². The van der Waals surface area contributed by atoms with Gasteiger partial charge in [-0.2, -0.15) is 0 Å². The number of nitrogens with zero attached hydrogens (tertiary/aromatic N) is 2. The summed E-state index contributed by atoms with van der Waals surface area (Å²) in [5.74, 6) is -1.83. The smallest absolute Gasteiger partial charge is 0.355 e. The lowest BCUT2D eigenvalue weighted by molar-refractivity contribution is -0.139. The van der Waals surface area contributed by atoms with Crippen LogP contribution in [0.3, 0.4) is 0 Å². The number of hydrogen-bond acceptors (Lipinski definition) is 8. The summed E-state index contributed by atoms with van der Waals surface area (Å²) in [5, 5.41) is 3.01. The maximum absolute atomic E-state index is 13.6. The van der Waals surface area contributed by atoms with Crippen LogP contribution in [-0.2, 0) is 23.8 Å². The standard InChI is InChI=1S/C27H27N3O6/c1-34-26(32)20-10-7-8-14-30(24(20)27(33)35-2)22-12-5-3-9-19(22)25(31)28-21-11-4-6-13-23(21)29-15-17-36-18-16-29/h3-14H,15-18H2,1-2H3,(H,28,31). The van der Waals surface area contributed by atoms with Gasteiger partial charge in [-0.15, -0.1) is 0 Å². The Morgan fingerprint density at radius 3 is 2.25 bits per heavy atom. The first kappa shape index (κ1) is 24.7. The molecule has 36 heavy (non-hydrogen) atoms. The minimum absolute atomic E-state index is 0.00206. The summed E-state index contributed by atoms with van der Waals surface area (Å²) < 4.78 is 15.3. The van der Waals surface area contributed by atoms with Crippen LogP contribution >= 0.6 is 0 Å². The van der Waals surface area contributed by atoms with Gasteiger partial charge in [0.05, 0.1) is 55.6 Å². The van der Waals surface area contributed by atoms with E-state index in [0.29, 0.717) is 30.2 Å². The molecule has 1 saturated heterocycles. The predicted octanol–water partition coefficient (Wildman–Crippen LogP) is 3.27. The summed E-state index contributed by atoms with van der Waals surface area (Å²) in [5.41, 5.74) is 2.18. The van der Waals surface area contributed by atoms with Crippen LogP contribution in [0.15, 0.2) is 84.2 Å². The van der Waals surface area contributed by atoms with Gasteiger partial charge in [0.15, 0.2) is 0 Å². The number of morpholine rings is 1. The number of carbonyl (C=O) groups is 3. The third-order valence-corrected chi connectivity index (χ3v) is 5.80. The Labute approximate surface area is 209 Å². The highest BCUT2D eigenvalue weighted by molar-refractivity contribution is 6.12. The third-order valence-electron chi connectivity index (χ3n) is 5.80. The molecular formula is C27H27N3O6. The van der Waals surface area contributed by atoms with Gasteiger partial charge in [-0.05, 0) is 36.4 Å². The lowest BCUT2D eigenvalue weighted by Crippen LogP contribution is -2.36. The van der Waals surface area contributed by atoms with Crippen molar-refractivity contribution in [3.63, 3.8) is 0 Å². The van der Waals surface area contributed by atoms with E-state index < -0.39 is 11.9 Å². The van der Waals surface area contributed by atoms with Gasteiger partial charge in [-0.3, -0.25) is 4.79 Å². The predicted molar refractivity (Wildman–Crippen MR) is 136 cm³/mol. The topological polar surface area (TPSA) is 97.4 Å². The van der Waals surface area contributed by atoms with Crippen LogP contribution in [0.1, 0.15) is 10.4 Å². The Kier molecular flexibility index (Phi) is 7.82. The number of rotatable bonds is 6. The molecule has 9 nitrogen and oxygen atoms in total. The molecule has 1 amide bonds. The van der Waals surface area contributed by atoms with Crippen LogP contribution < -0.4 is 15.1 Å². The Morgan fingerprint density at radius 2 is 1.53 bits per heavy atom. The van der Waals surface area contributed by atoms with Crippen molar-refractivity contribution in [1.29, 1.82) is 0 Å². The maximum Gasteiger partial charge on any atom is 0.355 e. The number of hydrogen-bond donors (Lipinski definition) is 1. The van der Waals surface area contributed by atoms with E-state index in [9.17, 15) is 14.4 Å². The number of benzene rings is 2. The Morgan fingerprint density at radius 1 is 0.861 bits per heavy atom. The van der Waals surface area contributed by atoms with Crippen molar-refractivity contribution < 1.29 is 28.6 Å². The van der Waals surface area contributed by atoms with Gasteiger partial charge in [0.2, 0.25) is 0 Å². The third kappa shape index (κ3) is 5.16. The van der Waals surface area contributed by atoms with E-state index in [1.165, 1.54) is 25.2 Å². The van der Waals surface area contributed by atoms with Crippen LogP contribution in [0, 0.1) is 0 Å². The number of ether oxygens (including phenoxy) is 3. The molecule has 2 aromatic rings. The average molecular weight is 490 g/mol. The van der Waals surface area contributed by atoms with E-state index in [2.05, 4.69) is 10.2 Å². The number of allylic oxidation sites excluding steroid dienone is 2. The molecule has 4 rings (SSSR count). The van der Waals surface area contributed by atoms with Crippen molar-refractivity contribution in [2.75, 3.05) is 55.6 Å². The van der Waals surface area contributed by atoms with Gasteiger partial charge >= 0.3 is 11.9 Å². The average Bonchev–Trinajstić information content (AvgIpc) is 3.16. The number of methoxy groups -OCH3 is 2. The van der Waals surface area contributed by atoms with Crippen molar-refractivity contribution in [1.82, 2.24) is 0 Å². The van der Waals surface area contributed by atoms with Gasteiger partial charge in [0.25, 0.3) is 5.91 Å². The number of nitrogens with one attached hydrogen (secondary N) is 1. The lowest BCUT2D eigenvalue weighted by atomic mass is 10.1. The fourth-order valence-electron chi connectivity index (χ4n) is 4.08. The summed E-state index contributed by atoms with van der Waals surface area (Å²) in [6.45, 7) is 2.68. The Hall–Kier alpha value is -4.37. The molecule has 0 aromatic heterocycles. The summed E-state index contributed by atoms with van der Waals surface area (Å²) in [6.07, 6.45) is 6.32. The molecule has 186 valence electrons. The SMILES string of the molecule is COC(=O)C1=C(C(=O)OC)N(c2ccccc2C(=O)Nc2ccccc2N2CCOCC2)C=CC=C1. The normalized spacial score (nSPS) is 15.4. The Balaban J connectivity index is 1.73. The first-order valence-corrected chi connectivity index (χ1v) is 11.4. The van der Waals surface area contributed by atoms with Gasteiger partial charge < -0.3 is 29.3 Å². The summed E-state index contributed by atoms with van der Waals surface area (Å²) >= 11 is 0. The van der Waals surface area contributed by atoms with Crippen LogP contribution in [0.2, 0.25) is 0 Å². The molecule has 0 atom stereocenters. The van der Waals surface area contributed by atoms with Crippen molar-refractivity contribution in [3.8, 4) is 0 Å². The molecule has 0 saturated carbocycles. The van der Waals surface area contributed by atoms with Crippen molar-refractivity contribution in [2.45, 2.75) is 0 Å². The molecule has 0 aliphatic carbocycles. The first-order valence-electron chi connectivity index (χ1n) is 11.4. The minimum Gasteiger partial charge on any atom is -0.465 e. The minimum atomic E-state index is -0.750. The molecule has 2 aliphatic rings. The van der Waals surface area contributed by atoms with Crippen LogP contribution in [0.5, 0.6) is 0 Å². The first-order chi connectivity index (χ1) is 17.5.